The zero-order chi connectivity index (χ0) is 14.9. The Labute approximate surface area is 123 Å². The zero-order valence-corrected chi connectivity index (χ0v) is 11.7. The Balaban J connectivity index is 1.62. The van der Waals surface area contributed by atoms with E-state index in [1.54, 1.807) is 18.3 Å². The van der Waals surface area contributed by atoms with Crippen LogP contribution < -0.4 is 21.7 Å². The van der Waals surface area contributed by atoms with Gasteiger partial charge in [-0.05, 0) is 30.7 Å². The van der Waals surface area contributed by atoms with Crippen LogP contribution in [0.15, 0.2) is 48.7 Å². The molecule has 0 saturated carbocycles. The molecule has 1 heterocycles. The van der Waals surface area contributed by atoms with Gasteiger partial charge < -0.3 is 21.7 Å². The van der Waals surface area contributed by atoms with E-state index in [0.717, 1.165) is 12.1 Å². The maximum atomic E-state index is 11.6. The maximum Gasteiger partial charge on any atom is 0.319 e. The van der Waals surface area contributed by atoms with Crippen molar-refractivity contribution in [2.45, 2.75) is 6.42 Å². The van der Waals surface area contributed by atoms with Crippen molar-refractivity contribution in [2.24, 2.45) is 0 Å². The van der Waals surface area contributed by atoms with E-state index >= 15 is 0 Å². The number of carbonyl (C=O) groups is 1. The van der Waals surface area contributed by atoms with Crippen LogP contribution in [0.5, 0.6) is 0 Å². The number of urea groups is 1. The van der Waals surface area contributed by atoms with Gasteiger partial charge >= 0.3 is 6.03 Å². The average Bonchev–Trinajstić information content (AvgIpc) is 2.50. The summed E-state index contributed by atoms with van der Waals surface area (Å²) < 4.78 is 0. The molecule has 2 rings (SSSR count). The molecule has 0 aliphatic heterocycles. The van der Waals surface area contributed by atoms with Gasteiger partial charge in [0, 0.05) is 25.0 Å². The lowest BCUT2D eigenvalue weighted by Crippen LogP contribution is -2.30. The van der Waals surface area contributed by atoms with E-state index < -0.39 is 0 Å². The largest absolute Gasteiger partial charge is 0.396 e. The predicted octanol–water partition coefficient (Wildman–Crippen LogP) is 2.29. The van der Waals surface area contributed by atoms with Gasteiger partial charge in [0.1, 0.15) is 5.82 Å². The lowest BCUT2D eigenvalue weighted by Gasteiger charge is -2.09. The monoisotopic (exact) mass is 285 g/mol. The SMILES string of the molecule is Nc1cccnc1NCCCNC(=O)Nc1ccccc1. The Morgan fingerprint density at radius 3 is 2.67 bits per heavy atom. The molecule has 0 spiro atoms. The summed E-state index contributed by atoms with van der Waals surface area (Å²) >= 11 is 0. The van der Waals surface area contributed by atoms with E-state index in [2.05, 4.69) is 20.9 Å². The van der Waals surface area contributed by atoms with Gasteiger partial charge in [-0.25, -0.2) is 9.78 Å². The number of pyridine rings is 1. The molecule has 0 unspecified atom stereocenters. The van der Waals surface area contributed by atoms with Crippen molar-refractivity contribution in [1.29, 1.82) is 0 Å². The lowest BCUT2D eigenvalue weighted by molar-refractivity contribution is 0.252. The molecule has 0 radical (unpaired) electrons. The molecular weight excluding hydrogens is 266 g/mol. The van der Waals surface area contributed by atoms with E-state index in [9.17, 15) is 4.79 Å². The third-order valence-electron chi connectivity index (χ3n) is 2.80. The summed E-state index contributed by atoms with van der Waals surface area (Å²) in [5.74, 6) is 0.672. The number of para-hydroxylation sites is 1. The van der Waals surface area contributed by atoms with Crippen molar-refractivity contribution in [3.63, 3.8) is 0 Å². The second-order valence-corrected chi connectivity index (χ2v) is 4.47. The average molecular weight is 285 g/mol. The molecule has 0 aliphatic rings. The highest BCUT2D eigenvalue weighted by Gasteiger charge is 2.01. The smallest absolute Gasteiger partial charge is 0.319 e. The number of nitrogens with one attached hydrogen (secondary N) is 3. The van der Waals surface area contributed by atoms with Crippen LogP contribution >= 0.6 is 0 Å². The van der Waals surface area contributed by atoms with Gasteiger partial charge in [0.15, 0.2) is 0 Å². The molecule has 21 heavy (non-hydrogen) atoms. The fourth-order valence-electron chi connectivity index (χ4n) is 1.76. The van der Waals surface area contributed by atoms with Gasteiger partial charge in [-0.2, -0.15) is 0 Å². The first-order chi connectivity index (χ1) is 10.3. The Morgan fingerprint density at radius 2 is 1.90 bits per heavy atom. The molecule has 1 aromatic heterocycles. The number of amides is 2. The highest BCUT2D eigenvalue weighted by Crippen LogP contribution is 2.12. The third-order valence-corrected chi connectivity index (χ3v) is 2.80. The summed E-state index contributed by atoms with van der Waals surface area (Å²) in [5, 5.41) is 8.68. The maximum absolute atomic E-state index is 11.6. The number of rotatable bonds is 6. The molecule has 6 heteroatoms. The predicted molar refractivity (Wildman–Crippen MR) is 85.2 cm³/mol. The fourth-order valence-corrected chi connectivity index (χ4v) is 1.76. The number of aromatic nitrogens is 1. The van der Waals surface area contributed by atoms with Crippen LogP contribution in [0, 0.1) is 0 Å². The van der Waals surface area contributed by atoms with Crippen LogP contribution in [0.2, 0.25) is 0 Å². The number of nitrogens with two attached hydrogens (primary N) is 1. The third kappa shape index (κ3) is 5.02. The molecule has 0 saturated heterocycles. The van der Waals surface area contributed by atoms with Crippen LogP contribution in [0.4, 0.5) is 22.0 Å². The summed E-state index contributed by atoms with van der Waals surface area (Å²) in [7, 11) is 0. The van der Waals surface area contributed by atoms with Crippen LogP contribution in [0.1, 0.15) is 6.42 Å². The van der Waals surface area contributed by atoms with Crippen molar-refractivity contribution in [2.75, 3.05) is 29.5 Å². The lowest BCUT2D eigenvalue weighted by atomic mass is 10.3. The fraction of sp³-hybridized carbons (Fsp3) is 0.200. The van der Waals surface area contributed by atoms with Crippen LogP contribution in [-0.4, -0.2) is 24.1 Å². The molecule has 0 bridgehead atoms. The first kappa shape index (κ1) is 14.6. The van der Waals surface area contributed by atoms with Crippen molar-refractivity contribution in [3.8, 4) is 0 Å². The van der Waals surface area contributed by atoms with Crippen molar-refractivity contribution < 1.29 is 4.79 Å². The van der Waals surface area contributed by atoms with E-state index in [-0.39, 0.29) is 6.03 Å². The first-order valence-electron chi connectivity index (χ1n) is 6.80. The quantitative estimate of drug-likeness (QED) is 0.613. The molecule has 0 fully saturated rings. The Hall–Kier alpha value is -2.76. The standard InChI is InChI=1S/C15H19N5O/c16-13-8-4-9-17-14(13)18-10-5-11-19-15(21)20-12-6-2-1-3-7-12/h1-4,6-9H,5,10-11,16H2,(H,17,18)(H2,19,20,21). The van der Waals surface area contributed by atoms with E-state index in [1.807, 2.05) is 30.3 Å². The summed E-state index contributed by atoms with van der Waals surface area (Å²) in [6.45, 7) is 1.26. The Kier molecular flexibility index (Phi) is 5.40. The number of hydrogen-bond acceptors (Lipinski definition) is 4. The number of carbonyl (C=O) groups excluding carboxylic acids is 1. The molecule has 2 amide bonds. The number of nitrogen functional groups attached to an aromatic ring is 1. The number of hydrogen-bond donors (Lipinski definition) is 4. The molecule has 0 atom stereocenters. The van der Waals surface area contributed by atoms with Crippen molar-refractivity contribution in [3.05, 3.63) is 48.7 Å². The molecule has 2 aromatic rings. The Bertz CT molecular complexity index is 573. The minimum atomic E-state index is -0.210. The summed E-state index contributed by atoms with van der Waals surface area (Å²) in [5.41, 5.74) is 7.16. The van der Waals surface area contributed by atoms with E-state index in [4.69, 9.17) is 5.73 Å². The highest BCUT2D eigenvalue weighted by molar-refractivity contribution is 5.89. The van der Waals surface area contributed by atoms with Gasteiger partial charge in [0.25, 0.3) is 0 Å². The summed E-state index contributed by atoms with van der Waals surface area (Å²) in [6.07, 6.45) is 2.46. The second-order valence-electron chi connectivity index (χ2n) is 4.47. The number of benzene rings is 1. The Morgan fingerprint density at radius 1 is 1.10 bits per heavy atom. The minimum absolute atomic E-state index is 0.210. The molecular formula is C15H19N5O. The van der Waals surface area contributed by atoms with Gasteiger partial charge in [-0.1, -0.05) is 18.2 Å². The molecule has 110 valence electrons. The minimum Gasteiger partial charge on any atom is -0.396 e. The van der Waals surface area contributed by atoms with E-state index in [0.29, 0.717) is 24.6 Å². The van der Waals surface area contributed by atoms with Crippen molar-refractivity contribution >= 4 is 23.2 Å². The molecule has 0 aliphatic carbocycles. The number of anilines is 3. The van der Waals surface area contributed by atoms with Gasteiger partial charge in [0.2, 0.25) is 0 Å². The zero-order valence-electron chi connectivity index (χ0n) is 11.7. The summed E-state index contributed by atoms with van der Waals surface area (Å²) in [4.78, 5) is 15.8. The van der Waals surface area contributed by atoms with Crippen LogP contribution in [-0.2, 0) is 0 Å². The summed E-state index contributed by atoms with van der Waals surface area (Å²) in [6, 6.07) is 12.7. The van der Waals surface area contributed by atoms with Crippen LogP contribution in [0.25, 0.3) is 0 Å². The normalized spacial score (nSPS) is 9.90. The highest BCUT2D eigenvalue weighted by atomic mass is 16.2. The number of nitrogens with zero attached hydrogens (tertiary/aromatic N) is 1. The van der Waals surface area contributed by atoms with Crippen molar-refractivity contribution in [1.82, 2.24) is 10.3 Å². The molecule has 1 aromatic carbocycles. The van der Waals surface area contributed by atoms with Gasteiger partial charge in [-0.15, -0.1) is 0 Å². The molecule has 5 N–H and O–H groups in total. The molecule has 6 nitrogen and oxygen atoms in total. The van der Waals surface area contributed by atoms with E-state index in [1.165, 1.54) is 0 Å². The van der Waals surface area contributed by atoms with Gasteiger partial charge in [-0.3, -0.25) is 0 Å². The van der Waals surface area contributed by atoms with Gasteiger partial charge in [0.05, 0.1) is 5.69 Å². The first-order valence-corrected chi connectivity index (χ1v) is 6.80. The van der Waals surface area contributed by atoms with Crippen LogP contribution in [0.3, 0.4) is 0 Å². The second kappa shape index (κ2) is 7.74. The topological polar surface area (TPSA) is 92.1 Å².